The van der Waals surface area contributed by atoms with Crippen molar-refractivity contribution in [3.8, 4) is 17.2 Å². The highest BCUT2D eigenvalue weighted by atomic mass is 79.9. The molecule has 0 aromatic heterocycles. The highest BCUT2D eigenvalue weighted by Gasteiger charge is 2.45. The minimum absolute atomic E-state index is 0.0941. The largest absolute Gasteiger partial charge is 0.497 e. The van der Waals surface area contributed by atoms with Gasteiger partial charge in [0.25, 0.3) is 0 Å². The average Bonchev–Trinajstić information content (AvgIpc) is 2.94. The van der Waals surface area contributed by atoms with Crippen LogP contribution in [0.3, 0.4) is 0 Å². The van der Waals surface area contributed by atoms with E-state index in [1.807, 2.05) is 13.8 Å². The molecule has 1 fully saturated rings. The Morgan fingerprint density at radius 3 is 2.07 bits per heavy atom. The SMILES string of the molecule is CCOc1cc(Br)c(CN2C(=O)C(=O)N(c3ccc(OC)cc3)C2=O)cc1OCC. The number of anilines is 1. The molecule has 1 saturated heterocycles. The first-order chi connectivity index (χ1) is 14.4. The van der Waals surface area contributed by atoms with Crippen LogP contribution in [0.15, 0.2) is 40.9 Å². The van der Waals surface area contributed by atoms with Crippen LogP contribution >= 0.6 is 15.9 Å². The van der Waals surface area contributed by atoms with Crippen molar-refractivity contribution in [2.75, 3.05) is 25.2 Å². The molecule has 1 aliphatic heterocycles. The van der Waals surface area contributed by atoms with Gasteiger partial charge in [0.15, 0.2) is 11.5 Å². The van der Waals surface area contributed by atoms with Crippen LogP contribution in [-0.4, -0.2) is 43.1 Å². The maximum absolute atomic E-state index is 12.9. The van der Waals surface area contributed by atoms with Gasteiger partial charge in [-0.1, -0.05) is 15.9 Å². The maximum Gasteiger partial charge on any atom is 0.339 e. The minimum Gasteiger partial charge on any atom is -0.497 e. The third-order valence-electron chi connectivity index (χ3n) is 4.42. The molecular formula is C21H21BrN2O6. The monoisotopic (exact) mass is 476 g/mol. The maximum atomic E-state index is 12.9. The summed E-state index contributed by atoms with van der Waals surface area (Å²) in [4.78, 5) is 39.7. The predicted octanol–water partition coefficient (Wildman–Crippen LogP) is 3.75. The average molecular weight is 477 g/mol. The summed E-state index contributed by atoms with van der Waals surface area (Å²) in [7, 11) is 1.51. The summed E-state index contributed by atoms with van der Waals surface area (Å²) < 4.78 is 16.9. The summed E-state index contributed by atoms with van der Waals surface area (Å²) in [6.45, 7) is 4.49. The number of ether oxygens (including phenoxy) is 3. The van der Waals surface area contributed by atoms with Crippen molar-refractivity contribution in [1.29, 1.82) is 0 Å². The second kappa shape index (κ2) is 9.17. The molecule has 1 heterocycles. The summed E-state index contributed by atoms with van der Waals surface area (Å²) in [5.74, 6) is -0.186. The molecule has 0 bridgehead atoms. The number of halogens is 1. The molecule has 30 heavy (non-hydrogen) atoms. The Bertz CT molecular complexity index is 976. The molecule has 8 nitrogen and oxygen atoms in total. The van der Waals surface area contributed by atoms with Gasteiger partial charge < -0.3 is 14.2 Å². The number of benzene rings is 2. The molecular weight excluding hydrogens is 456 g/mol. The smallest absolute Gasteiger partial charge is 0.339 e. The summed E-state index contributed by atoms with van der Waals surface area (Å²) in [5.41, 5.74) is 0.899. The zero-order valence-electron chi connectivity index (χ0n) is 16.8. The third-order valence-corrected chi connectivity index (χ3v) is 5.16. The van der Waals surface area contributed by atoms with Crippen LogP contribution < -0.4 is 19.1 Å². The first-order valence-electron chi connectivity index (χ1n) is 9.33. The molecule has 158 valence electrons. The van der Waals surface area contributed by atoms with Crippen LogP contribution in [0.1, 0.15) is 19.4 Å². The zero-order chi connectivity index (χ0) is 21.8. The Kier molecular flexibility index (Phi) is 6.61. The molecule has 2 aromatic carbocycles. The number of carbonyl (C=O) groups is 3. The first-order valence-corrected chi connectivity index (χ1v) is 10.1. The Labute approximate surface area is 182 Å². The summed E-state index contributed by atoms with van der Waals surface area (Å²) in [6.07, 6.45) is 0. The van der Waals surface area contributed by atoms with Crippen LogP contribution in [0.5, 0.6) is 17.2 Å². The van der Waals surface area contributed by atoms with Crippen LogP contribution in [0.2, 0.25) is 0 Å². The molecule has 9 heteroatoms. The molecule has 0 spiro atoms. The van der Waals surface area contributed by atoms with Crippen LogP contribution in [0.25, 0.3) is 0 Å². The molecule has 0 aliphatic carbocycles. The van der Waals surface area contributed by atoms with E-state index in [2.05, 4.69) is 15.9 Å². The molecule has 0 atom stereocenters. The molecule has 0 N–H and O–H groups in total. The van der Waals surface area contributed by atoms with E-state index in [-0.39, 0.29) is 6.54 Å². The number of hydrogen-bond donors (Lipinski definition) is 0. The second-order valence-corrected chi connectivity index (χ2v) is 7.12. The van der Waals surface area contributed by atoms with E-state index in [1.54, 1.807) is 36.4 Å². The van der Waals surface area contributed by atoms with Crippen molar-refractivity contribution in [2.45, 2.75) is 20.4 Å². The molecule has 4 amide bonds. The van der Waals surface area contributed by atoms with Crippen molar-refractivity contribution >= 4 is 39.5 Å². The Balaban J connectivity index is 1.89. The van der Waals surface area contributed by atoms with E-state index in [0.717, 1.165) is 9.80 Å². The van der Waals surface area contributed by atoms with Gasteiger partial charge in [-0.3, -0.25) is 14.5 Å². The molecule has 0 unspecified atom stereocenters. The van der Waals surface area contributed by atoms with Gasteiger partial charge in [0, 0.05) is 4.47 Å². The Hall–Kier alpha value is -3.07. The fourth-order valence-electron chi connectivity index (χ4n) is 3.01. The number of nitrogens with zero attached hydrogens (tertiary/aromatic N) is 2. The quantitative estimate of drug-likeness (QED) is 0.426. The predicted molar refractivity (Wildman–Crippen MR) is 113 cm³/mol. The summed E-state index contributed by atoms with van der Waals surface area (Å²) in [5, 5.41) is 0. The van der Waals surface area contributed by atoms with Gasteiger partial charge in [-0.25, -0.2) is 9.69 Å². The van der Waals surface area contributed by atoms with E-state index in [0.29, 0.717) is 46.2 Å². The second-order valence-electron chi connectivity index (χ2n) is 6.27. The molecule has 0 saturated carbocycles. The van der Waals surface area contributed by atoms with Gasteiger partial charge >= 0.3 is 17.8 Å². The van der Waals surface area contributed by atoms with Crippen molar-refractivity contribution < 1.29 is 28.6 Å². The van der Waals surface area contributed by atoms with E-state index < -0.39 is 17.8 Å². The van der Waals surface area contributed by atoms with Crippen molar-refractivity contribution in [3.63, 3.8) is 0 Å². The van der Waals surface area contributed by atoms with E-state index in [4.69, 9.17) is 14.2 Å². The Morgan fingerprint density at radius 2 is 1.50 bits per heavy atom. The number of methoxy groups -OCH3 is 1. The Morgan fingerprint density at radius 1 is 0.900 bits per heavy atom. The number of carbonyl (C=O) groups excluding carboxylic acids is 3. The van der Waals surface area contributed by atoms with Gasteiger partial charge in [-0.05, 0) is 55.8 Å². The molecule has 3 rings (SSSR count). The number of urea groups is 1. The van der Waals surface area contributed by atoms with E-state index >= 15 is 0 Å². The lowest BCUT2D eigenvalue weighted by atomic mass is 10.2. The van der Waals surface area contributed by atoms with Crippen LogP contribution in [-0.2, 0) is 16.1 Å². The molecule has 0 radical (unpaired) electrons. The normalized spacial score (nSPS) is 13.8. The lowest BCUT2D eigenvalue weighted by Gasteiger charge is -2.18. The first kappa shape index (κ1) is 21.6. The van der Waals surface area contributed by atoms with Crippen molar-refractivity contribution in [1.82, 2.24) is 4.90 Å². The van der Waals surface area contributed by atoms with Gasteiger partial charge in [-0.15, -0.1) is 0 Å². The number of hydrogen-bond acceptors (Lipinski definition) is 6. The minimum atomic E-state index is -0.905. The summed E-state index contributed by atoms with van der Waals surface area (Å²) >= 11 is 3.44. The topological polar surface area (TPSA) is 85.4 Å². The molecule has 2 aromatic rings. The fraction of sp³-hybridized carbons (Fsp3) is 0.286. The van der Waals surface area contributed by atoms with Crippen molar-refractivity contribution in [2.24, 2.45) is 0 Å². The zero-order valence-corrected chi connectivity index (χ0v) is 18.4. The standard InChI is InChI=1S/C21H21BrN2O6/c1-4-29-17-10-13(16(22)11-18(17)30-5-2)12-23-19(25)20(26)24(21(23)27)14-6-8-15(28-3)9-7-14/h6-11H,4-5,12H2,1-3H3. The number of amides is 4. The van der Waals surface area contributed by atoms with Gasteiger partial charge in [0.1, 0.15) is 5.75 Å². The van der Waals surface area contributed by atoms with E-state index in [9.17, 15) is 14.4 Å². The van der Waals surface area contributed by atoms with Crippen molar-refractivity contribution in [3.05, 3.63) is 46.4 Å². The summed E-state index contributed by atoms with van der Waals surface area (Å²) in [6, 6.07) is 9.02. The lowest BCUT2D eigenvalue weighted by molar-refractivity contribution is -0.139. The van der Waals surface area contributed by atoms with Crippen LogP contribution in [0, 0.1) is 0 Å². The fourth-order valence-corrected chi connectivity index (χ4v) is 3.46. The highest BCUT2D eigenvalue weighted by molar-refractivity contribution is 9.10. The van der Waals surface area contributed by atoms with Gasteiger partial charge in [0.05, 0.1) is 32.6 Å². The number of imide groups is 2. The van der Waals surface area contributed by atoms with Gasteiger partial charge in [-0.2, -0.15) is 0 Å². The highest BCUT2D eigenvalue weighted by Crippen LogP contribution is 2.35. The third kappa shape index (κ3) is 4.11. The molecule has 1 aliphatic rings. The van der Waals surface area contributed by atoms with Gasteiger partial charge in [0.2, 0.25) is 0 Å². The lowest BCUT2D eigenvalue weighted by Crippen LogP contribution is -2.33. The van der Waals surface area contributed by atoms with E-state index in [1.165, 1.54) is 7.11 Å². The van der Waals surface area contributed by atoms with Crippen LogP contribution in [0.4, 0.5) is 10.5 Å². The number of rotatable bonds is 8.